The van der Waals surface area contributed by atoms with E-state index in [0.29, 0.717) is 0 Å². The maximum Gasteiger partial charge on any atom is 0.160 e. The van der Waals surface area contributed by atoms with E-state index in [-0.39, 0.29) is 10.8 Å². The Hall–Kier alpha value is -6.12. The van der Waals surface area contributed by atoms with Crippen LogP contribution in [-0.2, 0) is 10.8 Å². The van der Waals surface area contributed by atoms with E-state index in [1.54, 1.807) is 0 Å². The van der Waals surface area contributed by atoms with Crippen LogP contribution in [-0.4, -0.2) is 9.97 Å². The van der Waals surface area contributed by atoms with Crippen molar-refractivity contribution in [2.75, 3.05) is 0 Å². The van der Waals surface area contributed by atoms with Crippen LogP contribution in [0.4, 0.5) is 0 Å². The summed E-state index contributed by atoms with van der Waals surface area (Å²) in [6, 6.07) is 57.2. The lowest BCUT2D eigenvalue weighted by Gasteiger charge is -2.25. The van der Waals surface area contributed by atoms with Crippen LogP contribution >= 0.6 is 0 Å². The van der Waals surface area contributed by atoms with Crippen molar-refractivity contribution in [1.82, 2.24) is 9.97 Å². The Morgan fingerprint density at radius 2 is 0.865 bits per heavy atom. The second-order valence-corrected chi connectivity index (χ2v) is 15.3. The van der Waals surface area contributed by atoms with Crippen molar-refractivity contribution in [3.8, 4) is 67.3 Å². The zero-order chi connectivity index (χ0) is 35.2. The highest BCUT2D eigenvalue weighted by atomic mass is 14.9. The third-order valence-electron chi connectivity index (χ3n) is 11.7. The summed E-state index contributed by atoms with van der Waals surface area (Å²) >= 11 is 0. The van der Waals surface area contributed by atoms with Crippen LogP contribution in [0.25, 0.3) is 78.1 Å². The van der Waals surface area contributed by atoms with Gasteiger partial charge in [-0.25, -0.2) is 9.97 Å². The first kappa shape index (κ1) is 30.7. The molecule has 0 bridgehead atoms. The fraction of sp³-hybridized carbons (Fsp3) is 0.120. The molecule has 7 aromatic carbocycles. The van der Waals surface area contributed by atoms with Gasteiger partial charge in [0.05, 0.1) is 11.4 Å². The van der Waals surface area contributed by atoms with Crippen LogP contribution in [0.2, 0.25) is 0 Å². The highest BCUT2D eigenvalue weighted by molar-refractivity contribution is 6.06. The van der Waals surface area contributed by atoms with Crippen molar-refractivity contribution in [2.45, 2.75) is 38.5 Å². The Kier molecular flexibility index (Phi) is 6.60. The van der Waals surface area contributed by atoms with Crippen molar-refractivity contribution >= 4 is 10.8 Å². The van der Waals surface area contributed by atoms with Crippen LogP contribution in [0.5, 0.6) is 0 Å². The minimum Gasteiger partial charge on any atom is -0.228 e. The summed E-state index contributed by atoms with van der Waals surface area (Å²) in [6.07, 6.45) is 0. The lowest BCUT2D eigenvalue weighted by atomic mass is 9.78. The molecule has 0 spiro atoms. The van der Waals surface area contributed by atoms with Crippen molar-refractivity contribution in [2.24, 2.45) is 0 Å². The number of rotatable bonds is 4. The minimum atomic E-state index is -0.114. The first-order valence-corrected chi connectivity index (χ1v) is 18.3. The highest BCUT2D eigenvalue weighted by Gasteiger charge is 2.38. The summed E-state index contributed by atoms with van der Waals surface area (Å²) in [5, 5.41) is 2.40. The van der Waals surface area contributed by atoms with Gasteiger partial charge >= 0.3 is 0 Å². The van der Waals surface area contributed by atoms with E-state index in [0.717, 1.165) is 33.9 Å². The molecular weight excluding hydrogens is 629 g/mol. The third-order valence-corrected chi connectivity index (χ3v) is 11.7. The van der Waals surface area contributed by atoms with E-state index < -0.39 is 0 Å². The Bertz CT molecular complexity index is 2730. The molecule has 0 unspecified atom stereocenters. The topological polar surface area (TPSA) is 25.8 Å². The van der Waals surface area contributed by atoms with Crippen molar-refractivity contribution in [1.29, 1.82) is 0 Å². The van der Waals surface area contributed by atoms with Crippen molar-refractivity contribution in [3.05, 3.63) is 180 Å². The maximum absolute atomic E-state index is 5.32. The molecule has 0 saturated heterocycles. The van der Waals surface area contributed by atoms with Crippen LogP contribution in [0, 0.1) is 0 Å². The van der Waals surface area contributed by atoms with Gasteiger partial charge in [0, 0.05) is 27.5 Å². The van der Waals surface area contributed by atoms with Gasteiger partial charge < -0.3 is 0 Å². The number of benzene rings is 7. The van der Waals surface area contributed by atoms with Gasteiger partial charge in [-0.15, -0.1) is 0 Å². The number of hydrogen-bond donors (Lipinski definition) is 0. The number of nitrogens with zero attached hydrogens (tertiary/aromatic N) is 2. The van der Waals surface area contributed by atoms with Crippen LogP contribution < -0.4 is 0 Å². The second-order valence-electron chi connectivity index (χ2n) is 15.3. The summed E-state index contributed by atoms with van der Waals surface area (Å²) in [5.74, 6) is 0.727. The summed E-state index contributed by atoms with van der Waals surface area (Å²) in [4.78, 5) is 10.6. The summed E-state index contributed by atoms with van der Waals surface area (Å²) in [5.41, 5.74) is 18.1. The molecular formula is C50H38N2. The Balaban J connectivity index is 1.20. The predicted molar refractivity (Wildman–Crippen MR) is 216 cm³/mol. The van der Waals surface area contributed by atoms with Gasteiger partial charge in [-0.05, 0) is 72.5 Å². The van der Waals surface area contributed by atoms with Gasteiger partial charge in [-0.1, -0.05) is 179 Å². The molecule has 0 radical (unpaired) electrons. The Morgan fingerprint density at radius 1 is 0.365 bits per heavy atom. The van der Waals surface area contributed by atoms with Crippen molar-refractivity contribution in [3.63, 3.8) is 0 Å². The number of hydrogen-bond acceptors (Lipinski definition) is 2. The second kappa shape index (κ2) is 11.2. The number of aromatic nitrogens is 2. The number of fused-ring (bicyclic) bond motifs is 7. The Labute approximate surface area is 305 Å². The first-order valence-electron chi connectivity index (χ1n) is 18.3. The normalized spacial score (nSPS) is 14.5. The first-order chi connectivity index (χ1) is 25.3. The lowest BCUT2D eigenvalue weighted by Crippen LogP contribution is -2.16. The SMILES string of the molecule is CC1(C)c2ccccc2-c2c(-c3cc(-c4ccc(-c5cccc6c5C(C)(C)c5ccccc5-6)c5ccccc45)nc(-c4ccccc4)n3)cccc21. The van der Waals surface area contributed by atoms with E-state index in [4.69, 9.17) is 9.97 Å². The van der Waals surface area contributed by atoms with Crippen molar-refractivity contribution < 1.29 is 0 Å². The fourth-order valence-corrected chi connectivity index (χ4v) is 9.24. The van der Waals surface area contributed by atoms with Gasteiger partial charge in [0.1, 0.15) is 0 Å². The molecule has 0 atom stereocenters. The average molecular weight is 667 g/mol. The zero-order valence-corrected chi connectivity index (χ0v) is 29.9. The summed E-state index contributed by atoms with van der Waals surface area (Å²) in [6.45, 7) is 9.39. The highest BCUT2D eigenvalue weighted by Crippen LogP contribution is 2.54. The third kappa shape index (κ3) is 4.37. The van der Waals surface area contributed by atoms with Crippen LogP contribution in [0.3, 0.4) is 0 Å². The Morgan fingerprint density at radius 3 is 1.62 bits per heavy atom. The fourth-order valence-electron chi connectivity index (χ4n) is 9.24. The van der Waals surface area contributed by atoms with Crippen LogP contribution in [0.1, 0.15) is 49.9 Å². The smallest absolute Gasteiger partial charge is 0.160 e. The predicted octanol–water partition coefficient (Wildman–Crippen LogP) is 12.9. The molecule has 2 nitrogen and oxygen atoms in total. The lowest BCUT2D eigenvalue weighted by molar-refractivity contribution is 0.660. The van der Waals surface area contributed by atoms with Gasteiger partial charge in [-0.2, -0.15) is 0 Å². The van der Waals surface area contributed by atoms with E-state index in [1.165, 1.54) is 66.4 Å². The molecule has 2 heteroatoms. The van der Waals surface area contributed by atoms with E-state index in [9.17, 15) is 0 Å². The van der Waals surface area contributed by atoms with E-state index in [2.05, 4.69) is 179 Å². The molecule has 248 valence electrons. The molecule has 0 amide bonds. The van der Waals surface area contributed by atoms with E-state index in [1.807, 2.05) is 6.07 Å². The average Bonchev–Trinajstić information content (AvgIpc) is 3.57. The standard InChI is InChI=1S/C50H38N2/c1-49(2)42-26-13-11-21-39(42)46-40(24-15-27-43(46)49)45-30-44(51-48(52-45)31-16-6-5-7-17-31)36-29-28-34(32-18-8-9-19-33(32)36)37-22-14-23-38-35-20-10-12-25-41(35)50(3,4)47(37)38/h5-30H,1-4H3. The molecule has 0 N–H and O–H groups in total. The maximum atomic E-state index is 5.32. The summed E-state index contributed by atoms with van der Waals surface area (Å²) < 4.78 is 0. The zero-order valence-electron chi connectivity index (χ0n) is 29.9. The van der Waals surface area contributed by atoms with Gasteiger partial charge in [0.2, 0.25) is 0 Å². The molecule has 0 aliphatic heterocycles. The van der Waals surface area contributed by atoms with Gasteiger partial charge in [-0.3, -0.25) is 0 Å². The molecule has 0 saturated carbocycles. The van der Waals surface area contributed by atoms with Gasteiger partial charge in [0.25, 0.3) is 0 Å². The molecule has 2 aliphatic rings. The van der Waals surface area contributed by atoms with Crippen LogP contribution in [0.15, 0.2) is 158 Å². The largest absolute Gasteiger partial charge is 0.228 e. The summed E-state index contributed by atoms with van der Waals surface area (Å²) in [7, 11) is 0. The van der Waals surface area contributed by atoms with E-state index >= 15 is 0 Å². The minimum absolute atomic E-state index is 0.0976. The monoisotopic (exact) mass is 666 g/mol. The molecule has 2 aliphatic carbocycles. The van der Waals surface area contributed by atoms with Gasteiger partial charge in [0.15, 0.2) is 5.82 Å². The molecule has 8 aromatic rings. The quantitative estimate of drug-likeness (QED) is 0.187. The molecule has 1 aromatic heterocycles. The molecule has 0 fully saturated rings. The molecule has 1 heterocycles. The molecule has 10 rings (SSSR count). The molecule has 52 heavy (non-hydrogen) atoms.